The molecule has 0 saturated carbocycles. The highest BCUT2D eigenvalue weighted by atomic mass is 16.5. The number of rotatable bonds is 8. The molecule has 1 aliphatic heterocycles. The fourth-order valence-electron chi connectivity index (χ4n) is 3.21. The van der Waals surface area contributed by atoms with Crippen LogP contribution in [-0.2, 0) is 14.3 Å². The van der Waals surface area contributed by atoms with E-state index in [-0.39, 0.29) is 24.5 Å². The third kappa shape index (κ3) is 4.20. The Morgan fingerprint density at radius 2 is 1.90 bits per heavy atom. The van der Waals surface area contributed by atoms with Crippen LogP contribution < -0.4 is 4.74 Å². The lowest BCUT2D eigenvalue weighted by Crippen LogP contribution is -2.32. The molecule has 0 aliphatic carbocycles. The Labute approximate surface area is 168 Å². The van der Waals surface area contributed by atoms with Crippen molar-refractivity contribution in [3.8, 4) is 5.75 Å². The molecule has 1 N–H and O–H groups in total. The summed E-state index contributed by atoms with van der Waals surface area (Å²) in [7, 11) is 1.52. The van der Waals surface area contributed by atoms with Gasteiger partial charge in [-0.15, -0.1) is 0 Å². The Hall–Kier alpha value is -3.45. The first-order valence-electron chi connectivity index (χ1n) is 9.10. The molecule has 1 unspecified atom stereocenters. The Bertz CT molecular complexity index is 922. The van der Waals surface area contributed by atoms with Crippen molar-refractivity contribution < 1.29 is 24.2 Å². The zero-order chi connectivity index (χ0) is 20.8. The van der Waals surface area contributed by atoms with Crippen molar-refractivity contribution in [2.24, 2.45) is 0 Å². The second kappa shape index (κ2) is 9.16. The highest BCUT2D eigenvalue weighted by Crippen LogP contribution is 2.39. The molecule has 1 atom stereocenters. The van der Waals surface area contributed by atoms with E-state index in [4.69, 9.17) is 9.47 Å². The van der Waals surface area contributed by atoms with E-state index in [9.17, 15) is 14.7 Å². The van der Waals surface area contributed by atoms with Crippen molar-refractivity contribution >= 4 is 17.4 Å². The monoisotopic (exact) mass is 394 g/mol. The summed E-state index contributed by atoms with van der Waals surface area (Å²) in [6.07, 6.45) is 4.66. The Kier molecular flexibility index (Phi) is 6.41. The van der Waals surface area contributed by atoms with E-state index in [1.54, 1.807) is 42.5 Å². The summed E-state index contributed by atoms with van der Waals surface area (Å²) in [5.74, 6) is -0.999. The number of likely N-dealkylation sites (tertiary alicyclic amines) is 1. The molecule has 1 aromatic heterocycles. The van der Waals surface area contributed by atoms with Crippen LogP contribution in [0.4, 0.5) is 0 Å². The molecule has 1 saturated heterocycles. The summed E-state index contributed by atoms with van der Waals surface area (Å²) < 4.78 is 10.6. The lowest BCUT2D eigenvalue weighted by molar-refractivity contribution is -0.140. The molecule has 1 amide bonds. The zero-order valence-corrected chi connectivity index (χ0v) is 16.1. The summed E-state index contributed by atoms with van der Waals surface area (Å²) in [6.45, 7) is 4.46. The number of benzene rings is 1. The fourth-order valence-corrected chi connectivity index (χ4v) is 3.21. The van der Waals surface area contributed by atoms with Crippen LogP contribution in [0.15, 0.2) is 67.0 Å². The number of hydrogen-bond donors (Lipinski definition) is 1. The van der Waals surface area contributed by atoms with Gasteiger partial charge in [0, 0.05) is 31.6 Å². The van der Waals surface area contributed by atoms with E-state index >= 15 is 0 Å². The van der Waals surface area contributed by atoms with Crippen LogP contribution in [0.3, 0.4) is 0 Å². The van der Waals surface area contributed by atoms with Crippen molar-refractivity contribution in [2.75, 3.05) is 26.9 Å². The quantitative estimate of drug-likeness (QED) is 0.321. The molecule has 2 aromatic rings. The zero-order valence-electron chi connectivity index (χ0n) is 16.1. The van der Waals surface area contributed by atoms with E-state index in [1.165, 1.54) is 24.4 Å². The largest absolute Gasteiger partial charge is 0.507 e. The third-order valence-corrected chi connectivity index (χ3v) is 4.59. The Morgan fingerprint density at radius 3 is 2.52 bits per heavy atom. The highest BCUT2D eigenvalue weighted by Gasteiger charge is 2.45. The van der Waals surface area contributed by atoms with E-state index in [0.717, 1.165) is 0 Å². The van der Waals surface area contributed by atoms with Crippen LogP contribution in [0.1, 0.15) is 17.2 Å². The van der Waals surface area contributed by atoms with Gasteiger partial charge in [0.2, 0.25) is 0 Å². The molecule has 150 valence electrons. The van der Waals surface area contributed by atoms with Crippen molar-refractivity contribution in [1.29, 1.82) is 0 Å². The number of carbonyl (C=O) groups excluding carboxylic acids is 2. The second-order valence-corrected chi connectivity index (χ2v) is 6.39. The van der Waals surface area contributed by atoms with Crippen LogP contribution in [0.2, 0.25) is 0 Å². The van der Waals surface area contributed by atoms with Gasteiger partial charge < -0.3 is 19.5 Å². The molecule has 2 heterocycles. The van der Waals surface area contributed by atoms with Crippen molar-refractivity contribution in [3.05, 3.63) is 78.1 Å². The van der Waals surface area contributed by atoms with Gasteiger partial charge >= 0.3 is 0 Å². The maximum atomic E-state index is 12.8. The summed E-state index contributed by atoms with van der Waals surface area (Å²) in [6, 6.07) is 9.49. The van der Waals surface area contributed by atoms with Gasteiger partial charge in [-0.2, -0.15) is 0 Å². The number of aliphatic hydroxyl groups is 1. The molecule has 1 aromatic carbocycles. The van der Waals surface area contributed by atoms with Crippen LogP contribution in [0.5, 0.6) is 5.75 Å². The molecule has 29 heavy (non-hydrogen) atoms. The van der Waals surface area contributed by atoms with E-state index < -0.39 is 17.7 Å². The molecule has 0 spiro atoms. The topological polar surface area (TPSA) is 89.0 Å². The van der Waals surface area contributed by atoms with Crippen LogP contribution in [-0.4, -0.2) is 53.5 Å². The summed E-state index contributed by atoms with van der Waals surface area (Å²) in [5.41, 5.74) is 1.14. The van der Waals surface area contributed by atoms with Gasteiger partial charge in [0.15, 0.2) is 0 Å². The number of ether oxygens (including phenoxy) is 2. The van der Waals surface area contributed by atoms with Crippen molar-refractivity contribution in [3.63, 3.8) is 0 Å². The summed E-state index contributed by atoms with van der Waals surface area (Å²) >= 11 is 0. The van der Waals surface area contributed by atoms with Crippen molar-refractivity contribution in [2.45, 2.75) is 6.04 Å². The Balaban J connectivity index is 2.06. The number of carbonyl (C=O) groups is 2. The SMILES string of the molecule is C=CCOc1ccc(C2C(=C(O)c3ccncc3)C(=O)C(=O)N2CCOC)cc1. The summed E-state index contributed by atoms with van der Waals surface area (Å²) in [5, 5.41) is 10.8. The van der Waals surface area contributed by atoms with Gasteiger partial charge in [0.25, 0.3) is 11.7 Å². The van der Waals surface area contributed by atoms with E-state index in [1.807, 2.05) is 0 Å². The van der Waals surface area contributed by atoms with Gasteiger partial charge in [-0.05, 0) is 29.8 Å². The normalized spacial score (nSPS) is 18.1. The number of amides is 1. The lowest BCUT2D eigenvalue weighted by Gasteiger charge is -2.25. The van der Waals surface area contributed by atoms with Gasteiger partial charge in [0.05, 0.1) is 18.2 Å². The second-order valence-electron chi connectivity index (χ2n) is 6.39. The molecule has 3 rings (SSSR count). The van der Waals surface area contributed by atoms with E-state index in [0.29, 0.717) is 23.5 Å². The van der Waals surface area contributed by atoms with Crippen LogP contribution in [0.25, 0.3) is 5.76 Å². The van der Waals surface area contributed by atoms with E-state index in [2.05, 4.69) is 11.6 Å². The number of aromatic nitrogens is 1. The predicted octanol–water partition coefficient (Wildman–Crippen LogP) is 2.71. The fraction of sp³-hybridized carbons (Fsp3) is 0.227. The highest BCUT2D eigenvalue weighted by molar-refractivity contribution is 6.46. The number of Topliss-reactive ketones (excluding diaryl/α,β-unsaturated/α-hetero) is 1. The Morgan fingerprint density at radius 1 is 1.21 bits per heavy atom. The third-order valence-electron chi connectivity index (χ3n) is 4.59. The molecule has 1 fully saturated rings. The molecule has 0 bridgehead atoms. The minimum atomic E-state index is -0.730. The van der Waals surface area contributed by atoms with Gasteiger partial charge in [-0.1, -0.05) is 24.8 Å². The van der Waals surface area contributed by atoms with Gasteiger partial charge in [-0.25, -0.2) is 0 Å². The first kappa shape index (κ1) is 20.3. The summed E-state index contributed by atoms with van der Waals surface area (Å²) in [4.78, 5) is 30.8. The molecule has 1 aliphatic rings. The molecular formula is C22H22N2O5. The standard InChI is InChI=1S/C22H22N2O5/c1-3-13-29-17-6-4-15(5-7-17)19-18(20(25)16-8-10-23-11-9-16)21(26)22(27)24(19)12-14-28-2/h3-11,19,25H,1,12-14H2,2H3. The van der Waals surface area contributed by atoms with Crippen LogP contribution in [0, 0.1) is 0 Å². The number of aliphatic hydroxyl groups excluding tert-OH is 1. The first-order valence-corrected chi connectivity index (χ1v) is 9.10. The minimum Gasteiger partial charge on any atom is -0.507 e. The molecule has 7 nitrogen and oxygen atoms in total. The molecule has 0 radical (unpaired) electrons. The van der Waals surface area contributed by atoms with Gasteiger partial charge in [0.1, 0.15) is 18.1 Å². The minimum absolute atomic E-state index is 0.0389. The average molecular weight is 394 g/mol. The maximum absolute atomic E-state index is 12.8. The number of nitrogens with zero attached hydrogens (tertiary/aromatic N) is 2. The smallest absolute Gasteiger partial charge is 0.295 e. The lowest BCUT2D eigenvalue weighted by atomic mass is 9.95. The predicted molar refractivity (Wildman–Crippen MR) is 107 cm³/mol. The first-order chi connectivity index (χ1) is 14.1. The van der Waals surface area contributed by atoms with Crippen molar-refractivity contribution in [1.82, 2.24) is 9.88 Å². The number of pyridine rings is 1. The average Bonchev–Trinajstić information content (AvgIpc) is 3.01. The number of ketones is 1. The van der Waals surface area contributed by atoms with Gasteiger partial charge in [-0.3, -0.25) is 14.6 Å². The molecular weight excluding hydrogens is 372 g/mol. The maximum Gasteiger partial charge on any atom is 0.295 e. The number of hydrogen-bond acceptors (Lipinski definition) is 6. The molecule has 7 heteroatoms. The number of methoxy groups -OCH3 is 1. The van der Waals surface area contributed by atoms with Crippen LogP contribution >= 0.6 is 0 Å².